The Bertz CT molecular complexity index is 378. The molecular weight excluding hydrogens is 256 g/mol. The molecule has 0 amide bonds. The third kappa shape index (κ3) is 2.81. The van der Waals surface area contributed by atoms with Crippen molar-refractivity contribution in [2.75, 3.05) is 7.11 Å². The maximum Gasteiger partial charge on any atom is 0.338 e. The van der Waals surface area contributed by atoms with Crippen LogP contribution in [0.3, 0.4) is 0 Å². The molecule has 0 heterocycles. The molecule has 1 aromatic carbocycles. The highest BCUT2D eigenvalue weighted by molar-refractivity contribution is 9.10. The molecule has 0 aliphatic carbocycles. The van der Waals surface area contributed by atoms with E-state index in [2.05, 4.69) is 36.7 Å². The monoisotopic (exact) mass is 270 g/mol. The van der Waals surface area contributed by atoms with Crippen molar-refractivity contribution < 1.29 is 9.53 Å². The van der Waals surface area contributed by atoms with Crippen molar-refractivity contribution in [2.24, 2.45) is 0 Å². The minimum atomic E-state index is -0.291. The zero-order valence-corrected chi connectivity index (χ0v) is 11.0. The minimum absolute atomic E-state index is 0.0653. The third-order valence-corrected chi connectivity index (χ3v) is 2.69. The molecule has 2 nitrogen and oxygen atoms in total. The average molecular weight is 271 g/mol. The van der Waals surface area contributed by atoms with Crippen LogP contribution in [0.1, 0.15) is 36.7 Å². The van der Waals surface area contributed by atoms with Crippen molar-refractivity contribution in [3.8, 4) is 0 Å². The number of carbonyl (C=O) groups excluding carboxylic acids is 1. The molecule has 0 saturated carbocycles. The molecule has 0 fully saturated rings. The number of hydrogen-bond acceptors (Lipinski definition) is 2. The van der Waals surface area contributed by atoms with Crippen LogP contribution in [0.4, 0.5) is 0 Å². The van der Waals surface area contributed by atoms with Gasteiger partial charge in [-0.1, -0.05) is 42.8 Å². The van der Waals surface area contributed by atoms with Gasteiger partial charge in [0.2, 0.25) is 0 Å². The lowest BCUT2D eigenvalue weighted by Crippen LogP contribution is -2.17. The molecule has 0 aromatic heterocycles. The van der Waals surface area contributed by atoms with Crippen LogP contribution < -0.4 is 0 Å². The number of esters is 1. The molecule has 0 atom stereocenters. The number of hydrogen-bond donors (Lipinski definition) is 0. The maximum absolute atomic E-state index is 11.6. The van der Waals surface area contributed by atoms with Crippen LogP contribution in [-0.4, -0.2) is 13.1 Å². The first-order valence-electron chi connectivity index (χ1n) is 4.74. The summed E-state index contributed by atoms with van der Waals surface area (Å²) in [6.07, 6.45) is 0. The van der Waals surface area contributed by atoms with Gasteiger partial charge in [0.25, 0.3) is 0 Å². The van der Waals surface area contributed by atoms with Gasteiger partial charge in [0, 0.05) is 4.47 Å². The SMILES string of the molecule is COC(=O)c1cc(Br)ccc1C(C)(C)C. The lowest BCUT2D eigenvalue weighted by atomic mass is 9.84. The first-order valence-corrected chi connectivity index (χ1v) is 5.54. The van der Waals surface area contributed by atoms with E-state index in [1.807, 2.05) is 12.1 Å². The Hall–Kier alpha value is -0.830. The second-order valence-electron chi connectivity index (χ2n) is 4.43. The van der Waals surface area contributed by atoms with Gasteiger partial charge in [-0.2, -0.15) is 0 Å². The quantitative estimate of drug-likeness (QED) is 0.730. The summed E-state index contributed by atoms with van der Waals surface area (Å²) in [6.45, 7) is 6.22. The molecule has 82 valence electrons. The molecule has 3 heteroatoms. The smallest absolute Gasteiger partial charge is 0.338 e. The lowest BCUT2D eigenvalue weighted by molar-refractivity contribution is 0.0598. The van der Waals surface area contributed by atoms with Gasteiger partial charge in [-0.3, -0.25) is 0 Å². The van der Waals surface area contributed by atoms with Gasteiger partial charge in [-0.15, -0.1) is 0 Å². The van der Waals surface area contributed by atoms with Crippen molar-refractivity contribution >= 4 is 21.9 Å². The molecule has 0 spiro atoms. The summed E-state index contributed by atoms with van der Waals surface area (Å²) in [4.78, 5) is 11.6. The van der Waals surface area contributed by atoms with E-state index in [0.29, 0.717) is 5.56 Å². The van der Waals surface area contributed by atoms with E-state index in [1.165, 1.54) is 7.11 Å². The molecular formula is C12H15BrO2. The fraction of sp³-hybridized carbons (Fsp3) is 0.417. The van der Waals surface area contributed by atoms with E-state index < -0.39 is 0 Å². The zero-order valence-electron chi connectivity index (χ0n) is 9.43. The van der Waals surface area contributed by atoms with Crippen LogP contribution >= 0.6 is 15.9 Å². The highest BCUT2D eigenvalue weighted by Gasteiger charge is 2.22. The average Bonchev–Trinajstić information content (AvgIpc) is 2.14. The zero-order chi connectivity index (χ0) is 11.6. The molecule has 0 N–H and O–H groups in total. The lowest BCUT2D eigenvalue weighted by Gasteiger charge is -2.22. The Balaban J connectivity index is 3.33. The summed E-state index contributed by atoms with van der Waals surface area (Å²) >= 11 is 3.35. The molecule has 15 heavy (non-hydrogen) atoms. The van der Waals surface area contributed by atoms with E-state index in [4.69, 9.17) is 4.74 Å². The first-order chi connectivity index (χ1) is 6.86. The second kappa shape index (κ2) is 4.35. The first kappa shape index (κ1) is 12.2. The summed E-state index contributed by atoms with van der Waals surface area (Å²) in [7, 11) is 1.40. The van der Waals surface area contributed by atoms with E-state index in [-0.39, 0.29) is 11.4 Å². The minimum Gasteiger partial charge on any atom is -0.465 e. The van der Waals surface area contributed by atoms with Gasteiger partial charge in [-0.05, 0) is 23.1 Å². The Morgan fingerprint density at radius 2 is 1.93 bits per heavy atom. The number of methoxy groups -OCH3 is 1. The summed E-state index contributed by atoms with van der Waals surface area (Å²) in [5.74, 6) is -0.291. The molecule has 0 unspecified atom stereocenters. The van der Waals surface area contributed by atoms with E-state index in [1.54, 1.807) is 6.07 Å². The largest absolute Gasteiger partial charge is 0.465 e. The van der Waals surface area contributed by atoms with E-state index in [0.717, 1.165) is 10.0 Å². The van der Waals surface area contributed by atoms with Crippen molar-refractivity contribution in [3.63, 3.8) is 0 Å². The van der Waals surface area contributed by atoms with Gasteiger partial charge in [0.15, 0.2) is 0 Å². The number of halogens is 1. The number of carbonyl (C=O) groups is 1. The normalized spacial score (nSPS) is 11.3. The van der Waals surface area contributed by atoms with Gasteiger partial charge in [-0.25, -0.2) is 4.79 Å². The Morgan fingerprint density at radius 1 is 1.33 bits per heavy atom. The fourth-order valence-corrected chi connectivity index (χ4v) is 1.81. The number of ether oxygens (including phenoxy) is 1. The second-order valence-corrected chi connectivity index (χ2v) is 5.35. The molecule has 0 radical (unpaired) electrons. The van der Waals surface area contributed by atoms with Crippen molar-refractivity contribution in [2.45, 2.75) is 26.2 Å². The van der Waals surface area contributed by atoms with Crippen LogP contribution in [0.25, 0.3) is 0 Å². The molecule has 0 saturated heterocycles. The van der Waals surface area contributed by atoms with E-state index >= 15 is 0 Å². The standard InChI is InChI=1S/C12H15BrO2/c1-12(2,3)10-6-5-8(13)7-9(10)11(14)15-4/h5-7H,1-4H3. The van der Waals surface area contributed by atoms with Crippen LogP contribution in [0.2, 0.25) is 0 Å². The fourth-order valence-electron chi connectivity index (χ4n) is 1.45. The van der Waals surface area contributed by atoms with Crippen LogP contribution in [0.15, 0.2) is 22.7 Å². The van der Waals surface area contributed by atoms with Crippen LogP contribution in [0, 0.1) is 0 Å². The highest BCUT2D eigenvalue weighted by atomic mass is 79.9. The molecule has 1 rings (SSSR count). The molecule has 0 bridgehead atoms. The Kier molecular flexibility index (Phi) is 3.55. The highest BCUT2D eigenvalue weighted by Crippen LogP contribution is 2.28. The molecule has 1 aromatic rings. The Labute approximate surface area is 98.8 Å². The van der Waals surface area contributed by atoms with Gasteiger partial charge in [0.05, 0.1) is 12.7 Å². The van der Waals surface area contributed by atoms with E-state index in [9.17, 15) is 4.79 Å². The van der Waals surface area contributed by atoms with Gasteiger partial charge >= 0.3 is 5.97 Å². The van der Waals surface area contributed by atoms with Gasteiger partial charge < -0.3 is 4.74 Å². The van der Waals surface area contributed by atoms with Crippen LogP contribution in [0.5, 0.6) is 0 Å². The summed E-state index contributed by atoms with van der Waals surface area (Å²) < 4.78 is 5.65. The molecule has 0 aliphatic heterocycles. The predicted molar refractivity (Wildman–Crippen MR) is 64.2 cm³/mol. The number of benzene rings is 1. The predicted octanol–water partition coefficient (Wildman–Crippen LogP) is 3.53. The summed E-state index contributed by atoms with van der Waals surface area (Å²) in [5.41, 5.74) is 1.56. The Morgan fingerprint density at radius 3 is 2.40 bits per heavy atom. The topological polar surface area (TPSA) is 26.3 Å². The van der Waals surface area contributed by atoms with Crippen molar-refractivity contribution in [1.82, 2.24) is 0 Å². The maximum atomic E-state index is 11.6. The van der Waals surface area contributed by atoms with Gasteiger partial charge in [0.1, 0.15) is 0 Å². The summed E-state index contributed by atoms with van der Waals surface area (Å²) in [6, 6.07) is 5.69. The molecule has 0 aliphatic rings. The van der Waals surface area contributed by atoms with Crippen molar-refractivity contribution in [1.29, 1.82) is 0 Å². The third-order valence-electron chi connectivity index (χ3n) is 2.19. The summed E-state index contributed by atoms with van der Waals surface area (Å²) in [5, 5.41) is 0. The number of rotatable bonds is 1. The van der Waals surface area contributed by atoms with Crippen LogP contribution in [-0.2, 0) is 10.2 Å². The van der Waals surface area contributed by atoms with Crippen molar-refractivity contribution in [3.05, 3.63) is 33.8 Å².